The second-order valence-corrected chi connectivity index (χ2v) is 22.5. The molecule has 5 aliphatic rings. The molecule has 5 fully saturated rings. The largest absolute Gasteiger partial charge is 0.401 e. The molecule has 8 nitrogen and oxygen atoms in total. The zero-order chi connectivity index (χ0) is 42.5. The van der Waals surface area contributed by atoms with Crippen LogP contribution in [0, 0.1) is 5.92 Å². The summed E-state index contributed by atoms with van der Waals surface area (Å²) in [6.07, 6.45) is -1.82. The first-order chi connectivity index (χ1) is 24.9. The summed E-state index contributed by atoms with van der Waals surface area (Å²) in [5.74, 6) is 3.55. The third-order valence-electron chi connectivity index (χ3n) is 11.2. The number of hydrogen-bond donors (Lipinski definition) is 2. The summed E-state index contributed by atoms with van der Waals surface area (Å²) < 4.78 is 36.3. The van der Waals surface area contributed by atoms with E-state index < -0.39 is 12.7 Å². The van der Waals surface area contributed by atoms with E-state index in [0.29, 0.717) is 29.7 Å². The van der Waals surface area contributed by atoms with E-state index >= 15 is 0 Å². The third-order valence-corrected chi connectivity index (χ3v) is 12.2. The zero-order valence-corrected chi connectivity index (χ0v) is 39.6. The number of likely N-dealkylation sites (tertiary alicyclic amines) is 2. The van der Waals surface area contributed by atoms with Gasteiger partial charge in [-0.05, 0) is 129 Å². The van der Waals surface area contributed by atoms with Gasteiger partial charge in [0.25, 0.3) is 0 Å². The van der Waals surface area contributed by atoms with Crippen LogP contribution in [-0.4, -0.2) is 184 Å². The lowest BCUT2D eigenvalue weighted by molar-refractivity contribution is -0.150. The molecular weight excluding hydrogens is 720 g/mol. The van der Waals surface area contributed by atoms with Gasteiger partial charge >= 0.3 is 6.18 Å². The molecule has 0 unspecified atom stereocenters. The van der Waals surface area contributed by atoms with Crippen molar-refractivity contribution in [2.75, 3.05) is 110 Å². The number of rotatable bonds is 1. The van der Waals surface area contributed by atoms with Crippen molar-refractivity contribution in [3.05, 3.63) is 0 Å². The highest BCUT2D eigenvalue weighted by atomic mass is 32.2. The lowest BCUT2D eigenvalue weighted by Crippen LogP contribution is -2.54. The van der Waals surface area contributed by atoms with E-state index in [4.69, 9.17) is 0 Å². The lowest BCUT2D eigenvalue weighted by Gasteiger charge is -2.42. The number of β-amino-alcohol motifs (C(OH)–C–C–N with tert-alkyl or cyclic N) is 1. The molecule has 55 heavy (non-hydrogen) atoms. The van der Waals surface area contributed by atoms with Gasteiger partial charge in [-0.25, -0.2) is 0 Å². The van der Waals surface area contributed by atoms with Crippen molar-refractivity contribution in [3.63, 3.8) is 0 Å². The monoisotopic (exact) mass is 810 g/mol. The lowest BCUT2D eigenvalue weighted by atomic mass is 10.1. The van der Waals surface area contributed by atoms with Crippen LogP contribution in [0.15, 0.2) is 0 Å². The van der Waals surface area contributed by atoms with Gasteiger partial charge in [0.1, 0.15) is 0 Å². The number of aliphatic hydroxyl groups is 1. The molecule has 12 heteroatoms. The molecule has 5 aliphatic heterocycles. The van der Waals surface area contributed by atoms with E-state index in [0.717, 1.165) is 51.6 Å². The van der Waals surface area contributed by atoms with Gasteiger partial charge < -0.3 is 10.4 Å². The Morgan fingerprint density at radius 2 is 0.891 bits per heavy atom. The van der Waals surface area contributed by atoms with Gasteiger partial charge in [-0.3, -0.25) is 29.4 Å². The van der Waals surface area contributed by atoms with E-state index in [2.05, 4.69) is 152 Å². The summed E-state index contributed by atoms with van der Waals surface area (Å²) in [7, 11) is 0. The first-order valence-electron chi connectivity index (χ1n) is 21.4. The third kappa shape index (κ3) is 23.3. The molecular formula is C43H90F3N7OS. The van der Waals surface area contributed by atoms with Crippen LogP contribution in [0.4, 0.5) is 13.2 Å². The molecule has 0 amide bonds. The van der Waals surface area contributed by atoms with Crippen LogP contribution in [0.2, 0.25) is 0 Å². The number of piperazine rings is 2. The quantitative estimate of drug-likeness (QED) is 0.281. The highest BCUT2D eigenvalue weighted by Gasteiger charge is 2.34. The predicted molar refractivity (Wildman–Crippen MR) is 234 cm³/mol. The Bertz CT molecular complexity index is 923. The number of alkyl halides is 3. The number of nitrogens with one attached hydrogen (secondary N) is 1. The molecule has 5 heterocycles. The minimum Gasteiger partial charge on any atom is -0.392 e. The van der Waals surface area contributed by atoms with Gasteiger partial charge in [0.2, 0.25) is 0 Å². The van der Waals surface area contributed by atoms with Crippen LogP contribution in [0.5, 0.6) is 0 Å². The van der Waals surface area contributed by atoms with Crippen molar-refractivity contribution < 1.29 is 18.3 Å². The van der Waals surface area contributed by atoms with E-state index in [1.165, 1.54) is 62.1 Å². The first-order valence-corrected chi connectivity index (χ1v) is 22.6. The number of nitrogens with zero attached hydrogens (tertiary/aromatic N) is 6. The predicted octanol–water partition coefficient (Wildman–Crippen LogP) is 7.47. The molecule has 5 rings (SSSR count). The van der Waals surface area contributed by atoms with Crippen molar-refractivity contribution in [1.29, 1.82) is 0 Å². The number of thioether (sulfide) groups is 1. The molecule has 0 saturated carbocycles. The molecule has 0 radical (unpaired) electrons. The maximum absolute atomic E-state index is 12.1. The second-order valence-electron chi connectivity index (χ2n) is 21.3. The summed E-state index contributed by atoms with van der Waals surface area (Å²) in [6.45, 7) is 49.2. The fourth-order valence-electron chi connectivity index (χ4n) is 7.30. The number of halogens is 3. The van der Waals surface area contributed by atoms with Crippen LogP contribution in [0.25, 0.3) is 0 Å². The summed E-state index contributed by atoms with van der Waals surface area (Å²) in [5, 5.41) is 12.6. The van der Waals surface area contributed by atoms with Crippen molar-refractivity contribution in [3.8, 4) is 0 Å². The summed E-state index contributed by atoms with van der Waals surface area (Å²) in [6, 6.07) is 0. The van der Waals surface area contributed by atoms with Gasteiger partial charge in [0.05, 0.1) is 12.6 Å². The van der Waals surface area contributed by atoms with Crippen molar-refractivity contribution in [2.45, 2.75) is 164 Å². The van der Waals surface area contributed by atoms with Gasteiger partial charge in [-0.15, -0.1) is 0 Å². The molecule has 0 aliphatic carbocycles. The molecule has 0 aromatic heterocycles. The number of aliphatic hydroxyl groups excluding tert-OH is 1. The van der Waals surface area contributed by atoms with E-state index in [-0.39, 0.29) is 17.2 Å². The Morgan fingerprint density at radius 3 is 1.16 bits per heavy atom. The SMILES string of the molecule is CC(C)(C)N1CCN(CC(F)(F)F)CC1.CC(C)(C)N1CCNCC1.CC(C)(C)N1CCSCC1.CC(C)(C)N1CC[C@H](O)C1.C[C@@H]1CCN(C(C)(C)C)C1. The normalized spacial score (nSPS) is 25.1. The molecule has 2 atom stereocenters. The fraction of sp³-hybridized carbons (Fsp3) is 1.00. The van der Waals surface area contributed by atoms with Crippen molar-refractivity contribution >= 4 is 11.8 Å². The smallest absolute Gasteiger partial charge is 0.392 e. The maximum atomic E-state index is 12.1. The molecule has 0 aromatic carbocycles. The highest BCUT2D eigenvalue weighted by Crippen LogP contribution is 2.24. The topological polar surface area (TPSA) is 51.7 Å². The Balaban J connectivity index is 0.000000348. The summed E-state index contributed by atoms with van der Waals surface area (Å²) >= 11 is 2.07. The molecule has 0 aromatic rings. The molecule has 2 N–H and O–H groups in total. The van der Waals surface area contributed by atoms with Crippen molar-refractivity contribution in [1.82, 2.24) is 34.7 Å². The van der Waals surface area contributed by atoms with E-state index in [9.17, 15) is 18.3 Å². The zero-order valence-electron chi connectivity index (χ0n) is 38.8. The average molecular weight is 810 g/mol. The first kappa shape index (κ1) is 52.8. The minimum atomic E-state index is -4.07. The number of hydrogen-bond acceptors (Lipinski definition) is 9. The van der Waals surface area contributed by atoms with Crippen LogP contribution < -0.4 is 5.32 Å². The van der Waals surface area contributed by atoms with Gasteiger partial charge in [-0.1, -0.05) is 6.92 Å². The standard InChI is InChI=1S/C10H19F3N2.C9H19N.C8H18N2.C8H17NO.C8H17NS/c1-9(2,3)15-6-4-14(5-7-15)8-10(11,12)13;1-8-5-6-10(7-8)9(2,3)4;1-8(2,3)10-6-4-9-5-7-10;1-8(2,3)9-5-4-7(10)6-9;1-8(2,3)9-4-6-10-7-5-9/h4-8H2,1-3H3;8H,5-7H2,1-4H3;9H,4-7H2,1-3H3;7,10H,4-6H2,1-3H3;4-7H2,1-3H3/t;8-;;7-;/m.1.0./s1. The fourth-order valence-corrected chi connectivity index (χ4v) is 8.20. The van der Waals surface area contributed by atoms with E-state index in [1.54, 1.807) is 0 Å². The Hall–Kier alpha value is -0.180. The molecule has 0 spiro atoms. The van der Waals surface area contributed by atoms with Gasteiger partial charge in [0.15, 0.2) is 0 Å². The Labute approximate surface area is 343 Å². The van der Waals surface area contributed by atoms with Crippen molar-refractivity contribution in [2.24, 2.45) is 5.92 Å². The van der Waals surface area contributed by atoms with Gasteiger partial charge in [-0.2, -0.15) is 24.9 Å². The second kappa shape index (κ2) is 23.0. The van der Waals surface area contributed by atoms with E-state index in [1.807, 2.05) is 0 Å². The highest BCUT2D eigenvalue weighted by molar-refractivity contribution is 7.99. The molecule has 0 bridgehead atoms. The average Bonchev–Trinajstić information content (AvgIpc) is 3.70. The van der Waals surface area contributed by atoms with Crippen LogP contribution >= 0.6 is 11.8 Å². The minimum absolute atomic E-state index is 0.0598. The van der Waals surface area contributed by atoms with Crippen LogP contribution in [-0.2, 0) is 0 Å². The maximum Gasteiger partial charge on any atom is 0.401 e. The molecule has 330 valence electrons. The summed E-state index contributed by atoms with van der Waals surface area (Å²) in [5.41, 5.74) is 1.44. The van der Waals surface area contributed by atoms with Crippen LogP contribution in [0.1, 0.15) is 124 Å². The Kier molecular flexibility index (Phi) is 22.1. The Morgan fingerprint density at radius 1 is 0.509 bits per heavy atom. The van der Waals surface area contributed by atoms with Gasteiger partial charge in [0, 0.05) is 124 Å². The molecule has 5 saturated heterocycles. The summed E-state index contributed by atoms with van der Waals surface area (Å²) in [4.78, 5) is 13.7. The van der Waals surface area contributed by atoms with Crippen LogP contribution in [0.3, 0.4) is 0 Å².